The molecule has 214 valence electrons. The first-order valence-corrected chi connectivity index (χ1v) is 13.6. The Morgan fingerprint density at radius 1 is 0.900 bits per heavy atom. The van der Waals surface area contributed by atoms with Gasteiger partial charge in [-0.1, -0.05) is 46.4 Å². The smallest absolute Gasteiger partial charge is 0.339 e. The van der Waals surface area contributed by atoms with Gasteiger partial charge >= 0.3 is 11.9 Å². The molecule has 0 amide bonds. The maximum atomic E-state index is 11.4. The molecule has 0 saturated heterocycles. The number of rotatable bonds is 15. The van der Waals surface area contributed by atoms with Gasteiger partial charge in [-0.2, -0.15) is 0 Å². The number of carbonyl (C=O) groups is 2. The molecule has 0 aliphatic carbocycles. The molecule has 9 nitrogen and oxygen atoms in total. The van der Waals surface area contributed by atoms with Crippen molar-refractivity contribution in [1.29, 1.82) is 0 Å². The minimum absolute atomic E-state index is 0.00360. The fourth-order valence-corrected chi connectivity index (χ4v) is 4.90. The number of ether oxygens (including phenoxy) is 2. The van der Waals surface area contributed by atoms with Crippen LogP contribution in [0.15, 0.2) is 42.6 Å². The second-order valence-corrected chi connectivity index (χ2v) is 10.3. The fourth-order valence-electron chi connectivity index (χ4n) is 3.66. The summed E-state index contributed by atoms with van der Waals surface area (Å²) in [4.78, 5) is 26.2. The van der Waals surface area contributed by atoms with Crippen LogP contribution in [0.4, 0.5) is 11.5 Å². The molecule has 0 saturated carbocycles. The highest BCUT2D eigenvalue weighted by Crippen LogP contribution is 2.37. The number of pyridine rings is 1. The number of aliphatic hydroxyl groups is 1. The normalized spacial score (nSPS) is 11.6. The summed E-state index contributed by atoms with van der Waals surface area (Å²) in [6.45, 7) is 0.408. The van der Waals surface area contributed by atoms with E-state index in [1.54, 1.807) is 24.3 Å². The molecule has 3 aromatic rings. The van der Waals surface area contributed by atoms with Crippen LogP contribution in [0.25, 0.3) is 0 Å². The first kappa shape index (κ1) is 31.6. The number of aromatic carboxylic acids is 1. The van der Waals surface area contributed by atoms with Gasteiger partial charge in [0.15, 0.2) is 11.5 Å². The molecule has 40 heavy (non-hydrogen) atoms. The van der Waals surface area contributed by atoms with Gasteiger partial charge in [-0.25, -0.2) is 9.78 Å². The number of aliphatic carboxylic acids is 1. The summed E-state index contributed by atoms with van der Waals surface area (Å²) in [7, 11) is 0. The molecule has 4 N–H and O–H groups in total. The predicted octanol–water partition coefficient (Wildman–Crippen LogP) is 7.14. The quantitative estimate of drug-likeness (QED) is 0.129. The standard InChI is InChI=1S/C27H26Cl4N2O7/c28-19-11-15(5-6-23(35)36)12-20(29)24(19)40-10-7-17(34)3-2-9-39-25-21(30)13-16(14-22(25)31)33-26-18(27(37)38)4-1-8-32-26/h1,4,8,11-14,17,34H,2-3,5-7,9-10H2,(H,32,33)(H,35,36)(H,37,38)/t17-/m1/s1. The zero-order valence-electron chi connectivity index (χ0n) is 21.0. The van der Waals surface area contributed by atoms with Gasteiger partial charge in [0, 0.05) is 24.7 Å². The third-order valence-corrected chi connectivity index (χ3v) is 6.73. The van der Waals surface area contributed by atoms with Crippen molar-refractivity contribution in [1.82, 2.24) is 4.98 Å². The monoisotopic (exact) mass is 630 g/mol. The number of nitrogens with zero attached hydrogens (tertiary/aromatic N) is 1. The van der Waals surface area contributed by atoms with Crippen LogP contribution in [0.3, 0.4) is 0 Å². The molecule has 1 aromatic heterocycles. The molecule has 0 aliphatic rings. The zero-order valence-corrected chi connectivity index (χ0v) is 24.0. The number of aryl methyl sites for hydroxylation is 1. The molecule has 1 heterocycles. The second kappa shape index (κ2) is 15.2. The Hall–Kier alpha value is -2.95. The van der Waals surface area contributed by atoms with E-state index in [0.29, 0.717) is 36.9 Å². The topological polar surface area (TPSA) is 138 Å². The van der Waals surface area contributed by atoms with Crippen molar-refractivity contribution >= 4 is 69.8 Å². The van der Waals surface area contributed by atoms with E-state index in [1.807, 2.05) is 0 Å². The van der Waals surface area contributed by atoms with E-state index < -0.39 is 18.0 Å². The summed E-state index contributed by atoms with van der Waals surface area (Å²) in [6, 6.07) is 9.27. The molecule has 2 aromatic carbocycles. The SMILES string of the molecule is O=C(O)CCc1cc(Cl)c(OCC[C@H](O)CCCOc2c(Cl)cc(Nc3ncccc3C(=O)O)cc2Cl)c(Cl)c1. The predicted molar refractivity (Wildman–Crippen MR) is 154 cm³/mol. The van der Waals surface area contributed by atoms with E-state index in [1.165, 1.54) is 18.3 Å². The van der Waals surface area contributed by atoms with Gasteiger partial charge in [0.2, 0.25) is 0 Å². The van der Waals surface area contributed by atoms with Gasteiger partial charge in [-0.15, -0.1) is 0 Å². The second-order valence-electron chi connectivity index (χ2n) is 8.66. The minimum Gasteiger partial charge on any atom is -0.490 e. The third kappa shape index (κ3) is 9.31. The lowest BCUT2D eigenvalue weighted by atomic mass is 10.1. The summed E-state index contributed by atoms with van der Waals surface area (Å²) in [6.07, 6.45) is 2.30. The molecule has 0 unspecified atom stereocenters. The summed E-state index contributed by atoms with van der Waals surface area (Å²) in [5.74, 6) is -1.35. The van der Waals surface area contributed by atoms with Crippen LogP contribution in [0, 0.1) is 0 Å². The first-order valence-electron chi connectivity index (χ1n) is 12.1. The summed E-state index contributed by atoms with van der Waals surface area (Å²) >= 11 is 25.1. The number of aromatic nitrogens is 1. The van der Waals surface area contributed by atoms with Crippen molar-refractivity contribution in [2.45, 2.75) is 38.2 Å². The van der Waals surface area contributed by atoms with Gasteiger partial charge in [-0.3, -0.25) is 4.79 Å². The van der Waals surface area contributed by atoms with Gasteiger partial charge in [0.25, 0.3) is 0 Å². The minimum atomic E-state index is -1.13. The number of anilines is 2. The Morgan fingerprint density at radius 3 is 2.10 bits per heavy atom. The number of hydrogen-bond acceptors (Lipinski definition) is 7. The lowest BCUT2D eigenvalue weighted by molar-refractivity contribution is -0.136. The van der Waals surface area contributed by atoms with Crippen LogP contribution in [0.2, 0.25) is 20.1 Å². The highest BCUT2D eigenvalue weighted by Gasteiger charge is 2.15. The fraction of sp³-hybridized carbons (Fsp3) is 0.296. The van der Waals surface area contributed by atoms with Crippen LogP contribution >= 0.6 is 46.4 Å². The summed E-state index contributed by atoms with van der Waals surface area (Å²) < 4.78 is 11.4. The molecule has 0 bridgehead atoms. The maximum absolute atomic E-state index is 11.4. The van der Waals surface area contributed by atoms with E-state index in [0.717, 1.165) is 0 Å². The first-order chi connectivity index (χ1) is 19.0. The Morgan fingerprint density at radius 2 is 1.50 bits per heavy atom. The Kier molecular flexibility index (Phi) is 12.0. The molecule has 13 heteroatoms. The molecular weight excluding hydrogens is 606 g/mol. The van der Waals surface area contributed by atoms with Gasteiger partial charge in [0.1, 0.15) is 11.4 Å². The van der Waals surface area contributed by atoms with E-state index in [9.17, 15) is 19.8 Å². The van der Waals surface area contributed by atoms with Crippen LogP contribution in [-0.4, -0.2) is 51.6 Å². The van der Waals surface area contributed by atoms with Gasteiger partial charge in [0.05, 0.1) is 39.4 Å². The number of benzene rings is 2. The van der Waals surface area contributed by atoms with Crippen LogP contribution in [0.5, 0.6) is 11.5 Å². The Bertz CT molecular complexity index is 1310. The van der Waals surface area contributed by atoms with E-state index >= 15 is 0 Å². The molecule has 0 fully saturated rings. The average molecular weight is 632 g/mol. The molecular formula is C27H26Cl4N2O7. The highest BCUT2D eigenvalue weighted by molar-refractivity contribution is 6.38. The largest absolute Gasteiger partial charge is 0.490 e. The summed E-state index contributed by atoms with van der Waals surface area (Å²) in [5.41, 5.74) is 1.13. The molecule has 0 aliphatic heterocycles. The van der Waals surface area contributed by atoms with E-state index in [-0.39, 0.29) is 62.6 Å². The number of halogens is 4. The van der Waals surface area contributed by atoms with Crippen molar-refractivity contribution in [3.8, 4) is 11.5 Å². The van der Waals surface area contributed by atoms with Crippen LogP contribution in [0.1, 0.15) is 41.6 Å². The lowest BCUT2D eigenvalue weighted by Gasteiger charge is -2.15. The molecule has 0 radical (unpaired) electrons. The number of nitrogens with one attached hydrogen (secondary N) is 1. The highest BCUT2D eigenvalue weighted by atomic mass is 35.5. The van der Waals surface area contributed by atoms with Gasteiger partial charge in [-0.05, 0) is 61.2 Å². The number of carboxylic acid groups (broad SMARTS) is 2. The Labute approximate surface area is 250 Å². The third-order valence-electron chi connectivity index (χ3n) is 5.61. The summed E-state index contributed by atoms with van der Waals surface area (Å²) in [5, 5.41) is 32.3. The van der Waals surface area contributed by atoms with Gasteiger partial charge < -0.3 is 30.1 Å². The molecule has 1 atom stereocenters. The lowest BCUT2D eigenvalue weighted by Crippen LogP contribution is -2.13. The van der Waals surface area contributed by atoms with Crippen LogP contribution in [-0.2, 0) is 11.2 Å². The van der Waals surface area contributed by atoms with E-state index in [2.05, 4.69) is 10.3 Å². The van der Waals surface area contributed by atoms with Crippen molar-refractivity contribution in [2.24, 2.45) is 0 Å². The average Bonchev–Trinajstić information content (AvgIpc) is 2.88. The van der Waals surface area contributed by atoms with Crippen LogP contribution < -0.4 is 14.8 Å². The van der Waals surface area contributed by atoms with Crippen molar-refractivity contribution in [2.75, 3.05) is 18.5 Å². The van der Waals surface area contributed by atoms with Crippen molar-refractivity contribution in [3.63, 3.8) is 0 Å². The van der Waals surface area contributed by atoms with Crippen molar-refractivity contribution < 1.29 is 34.4 Å². The number of aliphatic hydroxyl groups excluding tert-OH is 1. The number of carboxylic acids is 2. The molecule has 3 rings (SSSR count). The number of hydrogen-bond donors (Lipinski definition) is 4. The molecule has 0 spiro atoms. The zero-order chi connectivity index (χ0) is 29.2. The Balaban J connectivity index is 1.44. The van der Waals surface area contributed by atoms with Crippen molar-refractivity contribution in [3.05, 3.63) is 73.8 Å². The van der Waals surface area contributed by atoms with E-state index in [4.69, 9.17) is 61.0 Å². The maximum Gasteiger partial charge on any atom is 0.339 e.